The van der Waals surface area contributed by atoms with E-state index in [0.717, 1.165) is 60.5 Å². The lowest BCUT2D eigenvalue weighted by Crippen LogP contribution is -2.46. The van der Waals surface area contributed by atoms with Gasteiger partial charge in [-0.15, -0.1) is 0 Å². The third-order valence-corrected chi connectivity index (χ3v) is 6.56. The highest BCUT2D eigenvalue weighted by atomic mass is 16.5. The quantitative estimate of drug-likeness (QED) is 0.331. The monoisotopic (exact) mass is 400 g/mol. The Labute approximate surface area is 179 Å². The fourth-order valence-electron chi connectivity index (χ4n) is 4.51. The number of nitrogens with zero attached hydrogens (tertiary/aromatic N) is 2. The van der Waals surface area contributed by atoms with Crippen LogP contribution in [0.2, 0.25) is 0 Å². The Hall–Kier alpha value is -2.76. The van der Waals surface area contributed by atoms with Gasteiger partial charge in [0.05, 0.1) is 30.7 Å². The molecular weight excluding hydrogens is 371 g/mol. The minimum Gasteiger partial charge on any atom is -0.537 e. The predicted molar refractivity (Wildman–Crippen MR) is 125 cm³/mol. The summed E-state index contributed by atoms with van der Waals surface area (Å²) in [5, 5.41) is 11.3. The lowest BCUT2D eigenvalue weighted by Gasteiger charge is -2.35. The van der Waals surface area contributed by atoms with Crippen LogP contribution in [0.1, 0.15) is 26.3 Å². The number of aromatic nitrogens is 1. The number of hydrogen-bond donors (Lipinski definition) is 1. The zero-order valence-electron chi connectivity index (χ0n) is 18.0. The molecule has 0 fully saturated rings. The van der Waals surface area contributed by atoms with E-state index in [0.29, 0.717) is 5.75 Å². The summed E-state index contributed by atoms with van der Waals surface area (Å²) < 4.78 is 8.60. The number of para-hydroxylation sites is 1. The van der Waals surface area contributed by atoms with Crippen molar-refractivity contribution < 1.29 is 14.2 Å². The van der Waals surface area contributed by atoms with E-state index in [4.69, 9.17) is 9.68 Å². The molecule has 1 heterocycles. The van der Waals surface area contributed by atoms with Crippen LogP contribution < -0.4 is 4.65 Å². The van der Waals surface area contributed by atoms with Crippen LogP contribution >= 0.6 is 0 Å². The topological polar surface area (TPSA) is 34.4 Å². The molecule has 0 unspecified atom stereocenters. The normalized spacial score (nSPS) is 11.9. The molecule has 0 amide bonds. The number of quaternary nitrogens is 1. The van der Waals surface area contributed by atoms with Crippen LogP contribution in [0.3, 0.4) is 0 Å². The first-order valence-electron chi connectivity index (χ1n) is 10.7. The van der Waals surface area contributed by atoms with Crippen molar-refractivity contribution in [3.8, 4) is 11.4 Å². The summed E-state index contributed by atoms with van der Waals surface area (Å²) in [6, 6.07) is 23.3. The zero-order valence-corrected chi connectivity index (χ0v) is 18.0. The van der Waals surface area contributed by atoms with Crippen molar-refractivity contribution in [2.24, 2.45) is 0 Å². The lowest BCUT2D eigenvalue weighted by atomic mass is 10.1. The molecular formula is C25H29BN2O2+. The fourth-order valence-corrected chi connectivity index (χ4v) is 4.51. The van der Waals surface area contributed by atoms with Crippen molar-refractivity contribution in [2.75, 3.05) is 19.6 Å². The third-order valence-electron chi connectivity index (χ3n) is 6.56. The Morgan fingerprint density at radius 3 is 2.17 bits per heavy atom. The lowest BCUT2D eigenvalue weighted by molar-refractivity contribution is -0.936. The Kier molecular flexibility index (Phi) is 5.84. The van der Waals surface area contributed by atoms with Crippen LogP contribution in [0.15, 0.2) is 66.7 Å². The van der Waals surface area contributed by atoms with Gasteiger partial charge in [-0.3, -0.25) is 0 Å². The van der Waals surface area contributed by atoms with E-state index in [1.165, 1.54) is 10.9 Å². The van der Waals surface area contributed by atoms with Crippen LogP contribution in [0.5, 0.6) is 5.75 Å². The van der Waals surface area contributed by atoms with Crippen molar-refractivity contribution in [1.82, 2.24) is 4.57 Å². The van der Waals surface area contributed by atoms with Crippen LogP contribution in [0, 0.1) is 0 Å². The van der Waals surface area contributed by atoms with E-state index in [1.54, 1.807) is 0 Å². The van der Waals surface area contributed by atoms with Gasteiger partial charge in [-0.25, -0.2) is 0 Å². The van der Waals surface area contributed by atoms with Crippen molar-refractivity contribution in [2.45, 2.75) is 27.3 Å². The first kappa shape index (κ1) is 20.5. The molecule has 5 heteroatoms. The van der Waals surface area contributed by atoms with Gasteiger partial charge < -0.3 is 18.7 Å². The maximum Gasteiger partial charge on any atom is 0.569 e. The van der Waals surface area contributed by atoms with Gasteiger partial charge in [-0.2, -0.15) is 0 Å². The van der Waals surface area contributed by atoms with E-state index in [-0.39, 0.29) is 0 Å². The molecule has 0 atom stereocenters. The van der Waals surface area contributed by atoms with Crippen molar-refractivity contribution in [3.63, 3.8) is 0 Å². The number of rotatable bonds is 8. The molecule has 0 saturated heterocycles. The average molecular weight is 400 g/mol. The Morgan fingerprint density at radius 2 is 1.50 bits per heavy atom. The van der Waals surface area contributed by atoms with Crippen molar-refractivity contribution in [3.05, 3.63) is 72.3 Å². The molecule has 153 valence electrons. The molecule has 1 aromatic heterocycles. The van der Waals surface area contributed by atoms with Crippen LogP contribution in [0.4, 0.5) is 0 Å². The maximum atomic E-state index is 8.99. The molecule has 0 aliphatic carbocycles. The minimum absolute atomic E-state index is 0.621. The molecule has 0 aliphatic rings. The molecule has 1 N–H and O–H groups in total. The maximum absolute atomic E-state index is 8.99. The second-order valence-corrected chi connectivity index (χ2v) is 7.87. The van der Waals surface area contributed by atoms with Crippen molar-refractivity contribution >= 4 is 29.5 Å². The standard InChI is InChI=1S/C25H29BN2O2/c1-4-28(5-2,6-3)18-19-11-13-20(14-12-19)27-24-10-8-7-9-22(24)23-17-21(30-26-29)15-16-25(23)27/h7-17,29H,4-6,18H2,1-3H3/q+1. The largest absolute Gasteiger partial charge is 0.569 e. The van der Waals surface area contributed by atoms with E-state index < -0.39 is 0 Å². The van der Waals surface area contributed by atoms with Gasteiger partial charge in [-0.05, 0) is 57.2 Å². The number of hydrogen-bond acceptors (Lipinski definition) is 2. The molecule has 30 heavy (non-hydrogen) atoms. The first-order valence-corrected chi connectivity index (χ1v) is 10.7. The van der Waals surface area contributed by atoms with Crippen molar-refractivity contribution in [1.29, 1.82) is 0 Å². The minimum atomic E-state index is 0.621. The van der Waals surface area contributed by atoms with E-state index >= 15 is 0 Å². The smallest absolute Gasteiger partial charge is 0.537 e. The highest BCUT2D eigenvalue weighted by molar-refractivity contribution is 6.17. The van der Waals surface area contributed by atoms with Gasteiger partial charge in [0.1, 0.15) is 12.3 Å². The molecule has 0 spiro atoms. The molecule has 0 saturated carbocycles. The van der Waals surface area contributed by atoms with Crippen LogP contribution in [0.25, 0.3) is 27.5 Å². The van der Waals surface area contributed by atoms with E-state index in [1.807, 2.05) is 12.1 Å². The molecule has 4 nitrogen and oxygen atoms in total. The Morgan fingerprint density at radius 1 is 0.833 bits per heavy atom. The first-order chi connectivity index (χ1) is 14.6. The summed E-state index contributed by atoms with van der Waals surface area (Å²) in [4.78, 5) is 0. The predicted octanol–water partition coefficient (Wildman–Crippen LogP) is 5.07. The number of benzene rings is 3. The van der Waals surface area contributed by atoms with E-state index in [2.05, 4.69) is 79.9 Å². The van der Waals surface area contributed by atoms with Gasteiger partial charge in [0.15, 0.2) is 0 Å². The molecule has 3 aromatic carbocycles. The zero-order chi connectivity index (χ0) is 21.1. The van der Waals surface area contributed by atoms with Gasteiger partial charge >= 0.3 is 7.69 Å². The number of fused-ring (bicyclic) bond motifs is 3. The average Bonchev–Trinajstić information content (AvgIpc) is 3.12. The fraction of sp³-hybridized carbons (Fsp3) is 0.280. The summed E-state index contributed by atoms with van der Waals surface area (Å²) in [6.07, 6.45) is 0. The molecule has 4 aromatic rings. The summed E-state index contributed by atoms with van der Waals surface area (Å²) in [6.45, 7) is 11.4. The molecule has 4 rings (SSSR count). The molecule has 0 bridgehead atoms. The summed E-state index contributed by atoms with van der Waals surface area (Å²) in [5.41, 5.74) is 4.80. The Bertz CT molecular complexity index is 1140. The summed E-state index contributed by atoms with van der Waals surface area (Å²) in [5.74, 6) is 0.621. The second-order valence-electron chi connectivity index (χ2n) is 7.87. The summed E-state index contributed by atoms with van der Waals surface area (Å²) in [7, 11) is 0.723. The molecule has 1 radical (unpaired) electrons. The van der Waals surface area contributed by atoms with Gasteiger partial charge in [0, 0.05) is 22.0 Å². The van der Waals surface area contributed by atoms with Gasteiger partial charge in [-0.1, -0.05) is 30.3 Å². The Balaban J connectivity index is 1.79. The second kappa shape index (κ2) is 8.54. The summed E-state index contributed by atoms with van der Waals surface area (Å²) >= 11 is 0. The highest BCUT2D eigenvalue weighted by Crippen LogP contribution is 2.34. The molecule has 0 aliphatic heterocycles. The van der Waals surface area contributed by atoms with Gasteiger partial charge in [0.25, 0.3) is 0 Å². The highest BCUT2D eigenvalue weighted by Gasteiger charge is 2.21. The SMILES string of the molecule is CC[N+](CC)(CC)Cc1ccc(-n2c3ccccc3c3cc(O[B]O)ccc32)cc1. The van der Waals surface area contributed by atoms with Gasteiger partial charge in [0.2, 0.25) is 0 Å². The van der Waals surface area contributed by atoms with Crippen LogP contribution in [-0.2, 0) is 6.54 Å². The van der Waals surface area contributed by atoms with Crippen LogP contribution in [-0.4, -0.2) is 41.4 Å². The van der Waals surface area contributed by atoms with E-state index in [9.17, 15) is 0 Å². The third kappa shape index (κ3) is 3.60.